The van der Waals surface area contributed by atoms with Crippen molar-refractivity contribution in [2.45, 2.75) is 58.0 Å². The molecule has 2 aliphatic rings. The van der Waals surface area contributed by atoms with Gasteiger partial charge in [-0.2, -0.15) is 4.31 Å². The Morgan fingerprint density at radius 1 is 1.15 bits per heavy atom. The van der Waals surface area contributed by atoms with Gasteiger partial charge >= 0.3 is 0 Å². The molecular weight excluding hydrogens is 530 g/mol. The van der Waals surface area contributed by atoms with Crippen LogP contribution >= 0.6 is 0 Å². The molecule has 2 N–H and O–H groups in total. The lowest BCUT2D eigenvalue weighted by Crippen LogP contribution is -2.53. The van der Waals surface area contributed by atoms with E-state index in [2.05, 4.69) is 9.88 Å². The lowest BCUT2D eigenvalue weighted by atomic mass is 10.1. The van der Waals surface area contributed by atoms with E-state index in [1.165, 1.54) is 12.8 Å². The zero-order valence-electron chi connectivity index (χ0n) is 23.5. The van der Waals surface area contributed by atoms with E-state index in [-0.39, 0.29) is 17.4 Å². The van der Waals surface area contributed by atoms with E-state index in [1.807, 2.05) is 19.1 Å². The minimum absolute atomic E-state index is 0.0129. The van der Waals surface area contributed by atoms with Gasteiger partial charge in [0.05, 0.1) is 30.5 Å². The van der Waals surface area contributed by atoms with E-state index in [9.17, 15) is 13.2 Å². The van der Waals surface area contributed by atoms with Crippen LogP contribution in [0.5, 0.6) is 5.75 Å². The minimum atomic E-state index is -3.29. The molecule has 1 saturated carbocycles. The number of nitrogens with two attached hydrogens (primary N) is 1. The number of furan rings is 1. The summed E-state index contributed by atoms with van der Waals surface area (Å²) in [5, 5.41) is 0.517. The fraction of sp³-hybridized carbons (Fsp3) is 0.586. The van der Waals surface area contributed by atoms with Crippen LogP contribution in [0.2, 0.25) is 0 Å². The number of pyridine rings is 2. The Labute approximate surface area is 236 Å². The molecule has 1 aliphatic heterocycles. The zero-order valence-corrected chi connectivity index (χ0v) is 24.4. The van der Waals surface area contributed by atoms with Crippen molar-refractivity contribution in [2.75, 3.05) is 38.5 Å². The summed E-state index contributed by atoms with van der Waals surface area (Å²) in [7, 11) is -1.55. The normalized spacial score (nSPS) is 18.9. The Morgan fingerprint density at radius 2 is 1.95 bits per heavy atom. The summed E-state index contributed by atoms with van der Waals surface area (Å²) in [5.41, 5.74) is 7.56. The van der Waals surface area contributed by atoms with Gasteiger partial charge in [-0.15, -0.1) is 0 Å². The standard InChI is InChI=1S/C29H41N5O5S/c1-21-17-34(40(36,37)14-6-4-3-5-10-30)13-12-33(21)18-23-15-25-28(39-23)26(19-32(2)29(25)35)24-9-11-31-16-27(24)38-20-22-7-8-22/h9,11,15-16,19,21-22H,3-8,10,12-14,17-18,20,30H2,1-2H3. The molecule has 2 fully saturated rings. The summed E-state index contributed by atoms with van der Waals surface area (Å²) >= 11 is 0. The molecule has 1 aliphatic carbocycles. The molecule has 1 unspecified atom stereocenters. The molecule has 0 amide bonds. The molecule has 218 valence electrons. The average Bonchev–Trinajstić information content (AvgIpc) is 3.68. The highest BCUT2D eigenvalue weighted by atomic mass is 32.2. The average molecular weight is 572 g/mol. The monoisotopic (exact) mass is 571 g/mol. The molecule has 0 spiro atoms. The number of rotatable bonds is 13. The summed E-state index contributed by atoms with van der Waals surface area (Å²) in [6.45, 7) is 5.32. The van der Waals surface area contributed by atoms with Crippen LogP contribution in [-0.4, -0.2) is 71.8 Å². The Balaban J connectivity index is 1.31. The first kappa shape index (κ1) is 28.8. The Bertz CT molecular complexity index is 1480. The van der Waals surface area contributed by atoms with Crippen molar-refractivity contribution in [3.63, 3.8) is 0 Å². The molecule has 10 nitrogen and oxygen atoms in total. The second kappa shape index (κ2) is 12.4. The van der Waals surface area contributed by atoms with Gasteiger partial charge in [0.2, 0.25) is 10.0 Å². The Morgan fingerprint density at radius 3 is 2.70 bits per heavy atom. The molecule has 1 saturated heterocycles. The van der Waals surface area contributed by atoms with Gasteiger partial charge < -0.3 is 19.5 Å². The molecule has 1 atom stereocenters. The summed E-state index contributed by atoms with van der Waals surface area (Å²) in [4.78, 5) is 19.5. The first-order valence-corrected chi connectivity index (χ1v) is 16.0. The van der Waals surface area contributed by atoms with Crippen molar-refractivity contribution in [1.82, 2.24) is 18.8 Å². The quantitative estimate of drug-likeness (QED) is 0.310. The van der Waals surface area contributed by atoms with Crippen LogP contribution in [0.1, 0.15) is 51.2 Å². The maximum atomic E-state index is 13.1. The molecule has 0 radical (unpaired) electrons. The number of aryl methyl sites for hydroxylation is 1. The molecule has 0 bridgehead atoms. The maximum Gasteiger partial charge on any atom is 0.261 e. The molecule has 11 heteroatoms. The number of fused-ring (bicyclic) bond motifs is 1. The first-order chi connectivity index (χ1) is 19.3. The number of nitrogens with zero attached hydrogens (tertiary/aromatic N) is 4. The predicted molar refractivity (Wildman–Crippen MR) is 156 cm³/mol. The number of hydrogen-bond donors (Lipinski definition) is 1. The highest BCUT2D eigenvalue weighted by molar-refractivity contribution is 7.89. The minimum Gasteiger partial charge on any atom is -0.491 e. The number of hydrogen-bond acceptors (Lipinski definition) is 8. The topological polar surface area (TPSA) is 124 Å². The molecule has 40 heavy (non-hydrogen) atoms. The van der Waals surface area contributed by atoms with E-state index >= 15 is 0 Å². The fourth-order valence-electron chi connectivity index (χ4n) is 5.34. The van der Waals surface area contributed by atoms with E-state index < -0.39 is 10.0 Å². The first-order valence-electron chi connectivity index (χ1n) is 14.4. The molecule has 4 heterocycles. The maximum absolute atomic E-state index is 13.1. The SMILES string of the molecule is CC1CN(S(=O)(=O)CCCCCCN)CCN1Cc1cc2c(=O)n(C)cc(-c3ccncc3OCC3CC3)c2o1. The largest absolute Gasteiger partial charge is 0.491 e. The molecule has 3 aromatic heterocycles. The van der Waals surface area contributed by atoms with E-state index in [4.69, 9.17) is 14.9 Å². The number of aromatic nitrogens is 2. The third-order valence-corrected chi connectivity index (χ3v) is 9.91. The number of piperazine rings is 1. The van der Waals surface area contributed by atoms with Gasteiger partial charge in [-0.3, -0.25) is 14.7 Å². The highest BCUT2D eigenvalue weighted by Crippen LogP contribution is 2.37. The van der Waals surface area contributed by atoms with Crippen LogP contribution in [0, 0.1) is 5.92 Å². The van der Waals surface area contributed by atoms with Crippen molar-refractivity contribution >= 4 is 21.0 Å². The van der Waals surface area contributed by atoms with Gasteiger partial charge in [-0.25, -0.2) is 8.42 Å². The van der Waals surface area contributed by atoms with Gasteiger partial charge in [0, 0.05) is 56.2 Å². The van der Waals surface area contributed by atoms with Crippen LogP contribution in [0.3, 0.4) is 0 Å². The van der Waals surface area contributed by atoms with Gasteiger partial charge in [0.25, 0.3) is 5.56 Å². The lowest BCUT2D eigenvalue weighted by molar-refractivity contribution is 0.114. The van der Waals surface area contributed by atoms with Crippen molar-refractivity contribution < 1.29 is 17.6 Å². The zero-order chi connectivity index (χ0) is 28.3. The number of sulfonamides is 1. The van der Waals surface area contributed by atoms with Crippen molar-refractivity contribution in [1.29, 1.82) is 0 Å². The Hall–Kier alpha value is -2.73. The fourth-order valence-corrected chi connectivity index (χ4v) is 6.97. The van der Waals surface area contributed by atoms with E-state index in [0.29, 0.717) is 74.1 Å². The van der Waals surface area contributed by atoms with Crippen LogP contribution in [0.25, 0.3) is 22.1 Å². The number of unbranched alkanes of at least 4 members (excludes halogenated alkanes) is 3. The van der Waals surface area contributed by atoms with Crippen molar-refractivity contribution in [2.24, 2.45) is 18.7 Å². The third-order valence-electron chi connectivity index (χ3n) is 7.98. The van der Waals surface area contributed by atoms with Gasteiger partial charge in [0.1, 0.15) is 17.1 Å². The van der Waals surface area contributed by atoms with Crippen LogP contribution in [0.15, 0.2) is 39.9 Å². The molecule has 5 rings (SSSR count). The second-order valence-corrected chi connectivity index (χ2v) is 13.3. The smallest absolute Gasteiger partial charge is 0.261 e. The van der Waals surface area contributed by atoms with Crippen molar-refractivity contribution in [3.05, 3.63) is 46.8 Å². The molecule has 3 aromatic rings. The summed E-state index contributed by atoms with van der Waals surface area (Å²) in [6, 6.07) is 3.73. The predicted octanol–water partition coefficient (Wildman–Crippen LogP) is 3.34. The van der Waals surface area contributed by atoms with Gasteiger partial charge in [-0.1, -0.05) is 12.8 Å². The van der Waals surface area contributed by atoms with Gasteiger partial charge in [-0.05, 0) is 57.2 Å². The van der Waals surface area contributed by atoms with Crippen LogP contribution in [-0.2, 0) is 23.6 Å². The lowest BCUT2D eigenvalue weighted by Gasteiger charge is -2.38. The third kappa shape index (κ3) is 6.59. The summed E-state index contributed by atoms with van der Waals surface area (Å²) in [5.74, 6) is 2.14. The van der Waals surface area contributed by atoms with Crippen molar-refractivity contribution in [3.8, 4) is 16.9 Å². The van der Waals surface area contributed by atoms with Crippen LogP contribution < -0.4 is 16.0 Å². The van der Waals surface area contributed by atoms with E-state index in [1.54, 1.807) is 34.5 Å². The summed E-state index contributed by atoms with van der Waals surface area (Å²) in [6.07, 6.45) is 11.1. The highest BCUT2D eigenvalue weighted by Gasteiger charge is 2.31. The van der Waals surface area contributed by atoms with E-state index in [0.717, 1.165) is 30.4 Å². The molecular formula is C29H41N5O5S. The Kier molecular flexibility index (Phi) is 8.94. The van der Waals surface area contributed by atoms with Crippen LogP contribution in [0.4, 0.5) is 0 Å². The number of ether oxygens (including phenoxy) is 1. The molecule has 0 aromatic carbocycles. The second-order valence-electron chi connectivity index (χ2n) is 11.2. The summed E-state index contributed by atoms with van der Waals surface area (Å²) < 4.78 is 41.5. The van der Waals surface area contributed by atoms with Gasteiger partial charge in [0.15, 0.2) is 0 Å².